The number of hydrogen-bond acceptors (Lipinski definition) is 6. The third kappa shape index (κ3) is 3.97. The van der Waals surface area contributed by atoms with Crippen molar-refractivity contribution in [2.24, 2.45) is 5.10 Å². The molecule has 0 radical (unpaired) electrons. The van der Waals surface area contributed by atoms with Gasteiger partial charge in [0, 0.05) is 17.5 Å². The minimum absolute atomic E-state index is 0.0582. The Bertz CT molecular complexity index is 1140. The first-order valence-corrected chi connectivity index (χ1v) is 11.4. The van der Waals surface area contributed by atoms with Crippen molar-refractivity contribution >= 4 is 5.71 Å². The van der Waals surface area contributed by atoms with E-state index in [-0.39, 0.29) is 12.3 Å². The number of hydrogen-bond donors (Lipinski definition) is 0. The summed E-state index contributed by atoms with van der Waals surface area (Å²) < 4.78 is 23.4. The quantitative estimate of drug-likeness (QED) is 0.465. The fourth-order valence-electron chi connectivity index (χ4n) is 4.43. The molecule has 5 rings (SSSR count). The molecule has 3 aromatic rings. The highest BCUT2D eigenvalue weighted by Gasteiger charge is 2.42. The maximum absolute atomic E-state index is 6.56. The van der Waals surface area contributed by atoms with Crippen molar-refractivity contribution in [1.29, 1.82) is 0 Å². The lowest BCUT2D eigenvalue weighted by atomic mass is 9.95. The van der Waals surface area contributed by atoms with Gasteiger partial charge in [0.1, 0.15) is 11.5 Å². The average Bonchev–Trinajstić information content (AvgIpc) is 3.31. The lowest BCUT2D eigenvalue weighted by Crippen LogP contribution is -2.33. The van der Waals surface area contributed by atoms with E-state index in [1.807, 2.05) is 62.4 Å². The van der Waals surface area contributed by atoms with Gasteiger partial charge in [-0.25, -0.2) is 5.01 Å². The van der Waals surface area contributed by atoms with Crippen molar-refractivity contribution in [3.63, 3.8) is 0 Å². The standard InChI is InChI=1S/C27H28N2O4/c1-4-31-21-15-9-18(10-16-21)23-17-24-22-7-6-8-25(32-5-2)26(22)33-27(29(24)28-23)19-11-13-20(30-3)14-12-19/h6-16,24,27H,4-5,17H2,1-3H3/t24-,27+/m1/s1. The minimum Gasteiger partial charge on any atom is -0.497 e. The number of methoxy groups -OCH3 is 1. The largest absolute Gasteiger partial charge is 0.497 e. The summed E-state index contributed by atoms with van der Waals surface area (Å²) in [6.07, 6.45) is 0.419. The summed E-state index contributed by atoms with van der Waals surface area (Å²) in [5.41, 5.74) is 4.22. The molecule has 0 unspecified atom stereocenters. The van der Waals surface area contributed by atoms with E-state index in [2.05, 4.69) is 23.2 Å². The molecule has 6 nitrogen and oxygen atoms in total. The molecule has 0 saturated heterocycles. The number of benzene rings is 3. The van der Waals surface area contributed by atoms with Gasteiger partial charge in [-0.3, -0.25) is 0 Å². The molecule has 170 valence electrons. The highest BCUT2D eigenvalue weighted by Crippen LogP contribution is 2.50. The average molecular weight is 445 g/mol. The zero-order valence-electron chi connectivity index (χ0n) is 19.2. The maximum Gasteiger partial charge on any atom is 0.214 e. The van der Waals surface area contributed by atoms with E-state index in [9.17, 15) is 0 Å². The van der Waals surface area contributed by atoms with E-state index in [1.54, 1.807) is 7.11 Å². The van der Waals surface area contributed by atoms with Crippen LogP contribution in [0.25, 0.3) is 0 Å². The van der Waals surface area contributed by atoms with Crippen LogP contribution in [0, 0.1) is 0 Å². The zero-order chi connectivity index (χ0) is 22.8. The summed E-state index contributed by atoms with van der Waals surface area (Å²) >= 11 is 0. The van der Waals surface area contributed by atoms with Crippen molar-refractivity contribution < 1.29 is 18.9 Å². The molecule has 3 aromatic carbocycles. The van der Waals surface area contributed by atoms with Crippen molar-refractivity contribution in [3.05, 3.63) is 83.4 Å². The van der Waals surface area contributed by atoms with Gasteiger partial charge >= 0.3 is 0 Å². The van der Waals surface area contributed by atoms with E-state index in [0.29, 0.717) is 13.2 Å². The smallest absolute Gasteiger partial charge is 0.214 e. The Balaban J connectivity index is 1.54. The first-order chi connectivity index (χ1) is 16.2. The molecule has 2 aliphatic heterocycles. The van der Waals surface area contributed by atoms with Crippen LogP contribution in [0.1, 0.15) is 49.2 Å². The summed E-state index contributed by atoms with van der Waals surface area (Å²) in [6.45, 7) is 5.20. The summed E-state index contributed by atoms with van der Waals surface area (Å²) in [4.78, 5) is 0. The van der Waals surface area contributed by atoms with E-state index < -0.39 is 0 Å². The molecule has 2 heterocycles. The zero-order valence-corrected chi connectivity index (χ0v) is 19.2. The molecular formula is C27H28N2O4. The first-order valence-electron chi connectivity index (χ1n) is 11.4. The predicted molar refractivity (Wildman–Crippen MR) is 127 cm³/mol. The van der Waals surface area contributed by atoms with Crippen LogP contribution in [0.15, 0.2) is 71.8 Å². The topological polar surface area (TPSA) is 52.5 Å². The first kappa shape index (κ1) is 21.2. The lowest BCUT2D eigenvalue weighted by molar-refractivity contribution is -0.0212. The van der Waals surface area contributed by atoms with Crippen LogP contribution in [-0.2, 0) is 0 Å². The van der Waals surface area contributed by atoms with Crippen molar-refractivity contribution in [1.82, 2.24) is 5.01 Å². The Morgan fingerprint density at radius 3 is 2.33 bits per heavy atom. The van der Waals surface area contributed by atoms with Crippen LogP contribution in [0.5, 0.6) is 23.0 Å². The van der Waals surface area contributed by atoms with E-state index in [4.69, 9.17) is 24.0 Å². The number of ether oxygens (including phenoxy) is 4. The van der Waals surface area contributed by atoms with Crippen molar-refractivity contribution in [2.45, 2.75) is 32.5 Å². The monoisotopic (exact) mass is 444 g/mol. The lowest BCUT2D eigenvalue weighted by Gasteiger charge is -2.38. The molecule has 0 N–H and O–H groups in total. The SMILES string of the molecule is CCOc1ccc(C2=NN3[C@H](C2)c2cccc(OCC)c2O[C@H]3c2ccc(OC)cc2)cc1. The highest BCUT2D eigenvalue weighted by atomic mass is 16.5. The van der Waals surface area contributed by atoms with Gasteiger partial charge in [0.25, 0.3) is 0 Å². The van der Waals surface area contributed by atoms with E-state index in [1.165, 1.54) is 0 Å². The molecule has 0 aromatic heterocycles. The molecular weight excluding hydrogens is 416 g/mol. The minimum atomic E-state index is -0.366. The molecule has 6 heteroatoms. The number of para-hydroxylation sites is 1. The second kappa shape index (κ2) is 9.06. The Morgan fingerprint density at radius 1 is 0.909 bits per heavy atom. The third-order valence-corrected chi connectivity index (χ3v) is 5.98. The van der Waals surface area contributed by atoms with Crippen LogP contribution in [0.3, 0.4) is 0 Å². The Morgan fingerprint density at radius 2 is 1.64 bits per heavy atom. The fraction of sp³-hybridized carbons (Fsp3) is 0.296. The molecule has 0 spiro atoms. The maximum atomic E-state index is 6.56. The van der Waals surface area contributed by atoms with E-state index >= 15 is 0 Å². The summed E-state index contributed by atoms with van der Waals surface area (Å²) in [5.74, 6) is 3.23. The number of rotatable bonds is 7. The summed E-state index contributed by atoms with van der Waals surface area (Å²) in [7, 11) is 1.67. The normalized spacial score (nSPS) is 18.6. The number of hydrazone groups is 1. The van der Waals surface area contributed by atoms with Gasteiger partial charge in [0.2, 0.25) is 6.23 Å². The molecule has 0 fully saturated rings. The van der Waals surface area contributed by atoms with Gasteiger partial charge < -0.3 is 18.9 Å². The second-order valence-corrected chi connectivity index (χ2v) is 7.95. The van der Waals surface area contributed by atoms with Crippen LogP contribution in [0.4, 0.5) is 0 Å². The Labute approximate surface area is 194 Å². The molecule has 0 aliphatic carbocycles. The molecule has 2 aliphatic rings. The van der Waals surface area contributed by atoms with Gasteiger partial charge in [-0.1, -0.05) is 12.1 Å². The van der Waals surface area contributed by atoms with Gasteiger partial charge in [-0.05, 0) is 74.0 Å². The van der Waals surface area contributed by atoms with Gasteiger partial charge in [0.05, 0.1) is 32.1 Å². The Kier molecular flexibility index (Phi) is 5.82. The summed E-state index contributed by atoms with van der Waals surface area (Å²) in [5, 5.41) is 7.12. The van der Waals surface area contributed by atoms with Crippen molar-refractivity contribution in [3.8, 4) is 23.0 Å². The molecule has 0 amide bonds. The Hall–Kier alpha value is -3.67. The van der Waals surface area contributed by atoms with Crippen LogP contribution >= 0.6 is 0 Å². The second-order valence-electron chi connectivity index (χ2n) is 7.95. The molecule has 0 saturated carbocycles. The molecule has 0 bridgehead atoms. The summed E-state index contributed by atoms with van der Waals surface area (Å²) in [6, 6.07) is 22.2. The van der Waals surface area contributed by atoms with Crippen LogP contribution in [0.2, 0.25) is 0 Å². The number of nitrogens with zero attached hydrogens (tertiary/aromatic N) is 2. The third-order valence-electron chi connectivity index (χ3n) is 5.98. The highest BCUT2D eigenvalue weighted by molar-refractivity contribution is 6.02. The van der Waals surface area contributed by atoms with Crippen molar-refractivity contribution in [2.75, 3.05) is 20.3 Å². The fourth-order valence-corrected chi connectivity index (χ4v) is 4.43. The molecule has 33 heavy (non-hydrogen) atoms. The van der Waals surface area contributed by atoms with Gasteiger partial charge in [-0.2, -0.15) is 5.10 Å². The van der Waals surface area contributed by atoms with E-state index in [0.717, 1.165) is 51.8 Å². The van der Waals surface area contributed by atoms with Crippen LogP contribution < -0.4 is 18.9 Å². The predicted octanol–water partition coefficient (Wildman–Crippen LogP) is 5.73. The number of fused-ring (bicyclic) bond motifs is 3. The van der Waals surface area contributed by atoms with Crippen LogP contribution in [-0.4, -0.2) is 31.0 Å². The van der Waals surface area contributed by atoms with Gasteiger partial charge in [0.15, 0.2) is 11.5 Å². The van der Waals surface area contributed by atoms with Gasteiger partial charge in [-0.15, -0.1) is 0 Å². The molecule has 2 atom stereocenters.